The summed E-state index contributed by atoms with van der Waals surface area (Å²) in [7, 11) is -2.24. The highest BCUT2D eigenvalue weighted by Crippen LogP contribution is 2.75. The number of aliphatic hydroxyl groups is 2. The smallest absolute Gasteiger partial charge is 0.426 e. The second-order valence-corrected chi connectivity index (χ2v) is 19.0. The Balaban J connectivity index is 1.75. The summed E-state index contributed by atoms with van der Waals surface area (Å²) in [5.74, 6) is 0.396. The van der Waals surface area contributed by atoms with E-state index in [4.69, 9.17) is 13.9 Å². The highest BCUT2D eigenvalue weighted by molar-refractivity contribution is 6.74. The van der Waals surface area contributed by atoms with Crippen LogP contribution in [0.2, 0.25) is 18.1 Å². The zero-order chi connectivity index (χ0) is 25.4. The molecule has 1 aliphatic heterocycles. The van der Waals surface area contributed by atoms with Gasteiger partial charge in [-0.15, -0.1) is 0 Å². The van der Waals surface area contributed by atoms with Crippen LogP contribution in [0, 0.1) is 40.4 Å². The molecule has 4 fully saturated rings. The van der Waals surface area contributed by atoms with Gasteiger partial charge >= 0.3 is 6.16 Å². The predicted octanol–water partition coefficient (Wildman–Crippen LogP) is 4.90. The molecule has 1 saturated heterocycles. The standard InChI is InChI=1S/C27H44O6Si/c1-13-12-26-14(2)11-16-18(25(16,7)8)17(21(26)29)19(33-34(9,10)24(4,5)6)15(3)22-27(26,20(13)28)32-23(30)31-22/h12,14-22,28-29H,11H2,1-10H3/t14-,15+,16-,17?,18-,19?,20+,21?,22?,26+,27-/m1/s1. The van der Waals surface area contributed by atoms with E-state index in [9.17, 15) is 15.0 Å². The Labute approximate surface area is 205 Å². The molecule has 0 aromatic heterocycles. The minimum absolute atomic E-state index is 0.00435. The Morgan fingerprint density at radius 3 is 2.38 bits per heavy atom. The fraction of sp³-hybridized carbons (Fsp3) is 0.889. The summed E-state index contributed by atoms with van der Waals surface area (Å²) >= 11 is 0. The molecule has 5 rings (SSSR count). The molecule has 0 radical (unpaired) electrons. The van der Waals surface area contributed by atoms with E-state index in [1.807, 2.05) is 13.0 Å². The van der Waals surface area contributed by atoms with Gasteiger partial charge in [-0.05, 0) is 60.2 Å². The first-order valence-corrected chi connectivity index (χ1v) is 16.0. The monoisotopic (exact) mass is 492 g/mol. The van der Waals surface area contributed by atoms with E-state index in [0.717, 1.165) is 12.0 Å². The molecule has 2 bridgehead atoms. The first-order chi connectivity index (χ1) is 15.4. The number of aliphatic hydroxyl groups excluding tert-OH is 2. The first kappa shape index (κ1) is 24.8. The third kappa shape index (κ3) is 2.70. The van der Waals surface area contributed by atoms with Crippen LogP contribution in [0.25, 0.3) is 0 Å². The van der Waals surface area contributed by atoms with Gasteiger partial charge in [0.25, 0.3) is 0 Å². The molecule has 0 amide bonds. The number of ether oxygens (including phenoxy) is 2. The number of fused-ring (bicyclic) bond motifs is 3. The van der Waals surface area contributed by atoms with Gasteiger partial charge in [0, 0.05) is 11.8 Å². The molecule has 6 nitrogen and oxygen atoms in total. The summed E-state index contributed by atoms with van der Waals surface area (Å²) in [6.45, 7) is 21.9. The molecule has 2 spiro atoms. The minimum atomic E-state index is -2.24. The van der Waals surface area contributed by atoms with Crippen molar-refractivity contribution >= 4 is 14.5 Å². The lowest BCUT2D eigenvalue weighted by atomic mass is 9.58. The molecule has 192 valence electrons. The average molecular weight is 493 g/mol. The summed E-state index contributed by atoms with van der Waals surface area (Å²) in [6.07, 6.45) is -0.629. The fourth-order valence-electron chi connectivity index (χ4n) is 8.44. The molecule has 0 aromatic rings. The van der Waals surface area contributed by atoms with Crippen LogP contribution in [-0.4, -0.2) is 54.7 Å². The van der Waals surface area contributed by atoms with E-state index < -0.39 is 43.8 Å². The van der Waals surface area contributed by atoms with Gasteiger partial charge in [-0.2, -0.15) is 0 Å². The van der Waals surface area contributed by atoms with E-state index in [0.29, 0.717) is 11.8 Å². The van der Waals surface area contributed by atoms with Crippen molar-refractivity contribution in [3.8, 4) is 0 Å². The Morgan fingerprint density at radius 1 is 1.18 bits per heavy atom. The lowest BCUT2D eigenvalue weighted by Gasteiger charge is -2.50. The SMILES string of the molecule is CC1=C[C@]23C(O)C(C(O[Si](C)(C)C(C)(C)C)[C@H](C)C4OC(=O)O[C@]42[C@H]1O)[C@H]1[C@@H](C[C@H]3C)C1(C)C. The average Bonchev–Trinajstić information content (AvgIpc) is 3.00. The predicted molar refractivity (Wildman–Crippen MR) is 132 cm³/mol. The van der Waals surface area contributed by atoms with Gasteiger partial charge in [-0.3, -0.25) is 0 Å². The third-order valence-electron chi connectivity index (χ3n) is 11.3. The van der Waals surface area contributed by atoms with Gasteiger partial charge in [-0.25, -0.2) is 4.79 Å². The van der Waals surface area contributed by atoms with Crippen molar-refractivity contribution in [1.82, 2.24) is 0 Å². The van der Waals surface area contributed by atoms with Gasteiger partial charge in [0.2, 0.25) is 0 Å². The van der Waals surface area contributed by atoms with Gasteiger partial charge in [0.05, 0.1) is 17.6 Å². The van der Waals surface area contributed by atoms with E-state index in [1.165, 1.54) is 0 Å². The van der Waals surface area contributed by atoms with Crippen LogP contribution in [0.5, 0.6) is 0 Å². The summed E-state index contributed by atoms with van der Waals surface area (Å²) < 4.78 is 19.2. The van der Waals surface area contributed by atoms with Crippen LogP contribution >= 0.6 is 0 Å². The second kappa shape index (κ2) is 6.90. The normalized spacial score (nSPS) is 51.2. The molecule has 1 heterocycles. The van der Waals surface area contributed by atoms with Gasteiger partial charge in [-0.1, -0.05) is 54.5 Å². The number of hydrogen-bond donors (Lipinski definition) is 2. The maximum Gasteiger partial charge on any atom is 0.509 e. The second-order valence-electron chi connectivity index (χ2n) is 14.2. The molecular weight excluding hydrogens is 448 g/mol. The van der Waals surface area contributed by atoms with Crippen molar-refractivity contribution < 1.29 is 28.9 Å². The maximum absolute atomic E-state index is 12.7. The van der Waals surface area contributed by atoms with Crippen LogP contribution in [-0.2, 0) is 13.9 Å². The first-order valence-electron chi connectivity index (χ1n) is 13.1. The third-order valence-corrected chi connectivity index (χ3v) is 15.8. The highest BCUT2D eigenvalue weighted by atomic mass is 28.4. The molecule has 11 atom stereocenters. The number of carbonyl (C=O) groups excluding carboxylic acids is 1. The van der Waals surface area contributed by atoms with E-state index in [1.54, 1.807) is 0 Å². The number of carbonyl (C=O) groups is 1. The summed E-state index contributed by atoms with van der Waals surface area (Å²) in [6, 6.07) is 0. The van der Waals surface area contributed by atoms with Crippen LogP contribution in [0.15, 0.2) is 11.6 Å². The molecule has 2 N–H and O–H groups in total. The summed E-state index contributed by atoms with van der Waals surface area (Å²) in [4.78, 5) is 12.7. The Kier molecular flexibility index (Phi) is 5.03. The maximum atomic E-state index is 12.7. The van der Waals surface area contributed by atoms with Crippen molar-refractivity contribution in [3.63, 3.8) is 0 Å². The molecule has 3 saturated carbocycles. The lowest BCUT2D eigenvalue weighted by Crippen LogP contribution is -2.65. The van der Waals surface area contributed by atoms with Gasteiger partial charge < -0.3 is 24.1 Å². The molecular formula is C27H44O6Si. The van der Waals surface area contributed by atoms with E-state index in [-0.39, 0.29) is 34.3 Å². The largest absolute Gasteiger partial charge is 0.509 e. The number of hydrogen-bond acceptors (Lipinski definition) is 6. The van der Waals surface area contributed by atoms with Gasteiger partial charge in [0.1, 0.15) is 6.10 Å². The molecule has 4 unspecified atom stereocenters. The zero-order valence-corrected chi connectivity index (χ0v) is 23.5. The lowest BCUT2D eigenvalue weighted by molar-refractivity contribution is -0.178. The van der Waals surface area contributed by atoms with Crippen molar-refractivity contribution in [2.45, 2.75) is 110 Å². The highest BCUT2D eigenvalue weighted by Gasteiger charge is 2.82. The number of rotatable bonds is 2. The Hall–Kier alpha value is -0.893. The Morgan fingerprint density at radius 2 is 1.79 bits per heavy atom. The van der Waals surface area contributed by atoms with E-state index >= 15 is 0 Å². The van der Waals surface area contributed by atoms with Crippen LogP contribution in [0.1, 0.15) is 61.8 Å². The van der Waals surface area contributed by atoms with Crippen LogP contribution in [0.4, 0.5) is 4.79 Å². The topological polar surface area (TPSA) is 85.2 Å². The van der Waals surface area contributed by atoms with Gasteiger partial charge in [0.15, 0.2) is 20.0 Å². The van der Waals surface area contributed by atoms with Crippen molar-refractivity contribution in [3.05, 3.63) is 11.6 Å². The molecule has 5 aliphatic rings. The Bertz CT molecular complexity index is 936. The van der Waals surface area contributed by atoms with Crippen LogP contribution < -0.4 is 0 Å². The van der Waals surface area contributed by atoms with Crippen molar-refractivity contribution in [2.24, 2.45) is 40.4 Å². The summed E-state index contributed by atoms with van der Waals surface area (Å²) in [5.41, 5.74) is -1.40. The fourth-order valence-corrected chi connectivity index (χ4v) is 9.84. The summed E-state index contributed by atoms with van der Waals surface area (Å²) in [5, 5.41) is 24.1. The molecule has 4 aliphatic carbocycles. The van der Waals surface area contributed by atoms with Crippen LogP contribution in [0.3, 0.4) is 0 Å². The minimum Gasteiger partial charge on any atom is -0.426 e. The molecule has 7 heteroatoms. The van der Waals surface area contributed by atoms with Crippen molar-refractivity contribution in [1.29, 1.82) is 0 Å². The molecule has 0 aromatic carbocycles. The zero-order valence-electron chi connectivity index (χ0n) is 22.5. The van der Waals surface area contributed by atoms with Crippen molar-refractivity contribution in [2.75, 3.05) is 0 Å². The molecule has 34 heavy (non-hydrogen) atoms. The quantitative estimate of drug-likeness (QED) is 0.324. The van der Waals surface area contributed by atoms with E-state index in [2.05, 4.69) is 61.6 Å².